The monoisotopic (exact) mass is 386 g/mol. The van der Waals surface area contributed by atoms with Crippen LogP contribution in [0.25, 0.3) is 0 Å². The molecule has 0 aromatic heterocycles. The van der Waals surface area contributed by atoms with Crippen molar-refractivity contribution in [2.45, 2.75) is 20.3 Å². The topological polar surface area (TPSA) is 49.4 Å². The third-order valence-electron chi connectivity index (χ3n) is 4.28. The van der Waals surface area contributed by atoms with Crippen LogP contribution in [0, 0.1) is 19.8 Å². The second kappa shape index (κ2) is 6.77. The van der Waals surface area contributed by atoms with E-state index in [2.05, 4.69) is 21.2 Å². The van der Waals surface area contributed by atoms with Crippen molar-refractivity contribution >= 4 is 39.1 Å². The minimum absolute atomic E-state index is 0.0101. The highest BCUT2D eigenvalue weighted by Crippen LogP contribution is 2.27. The number of halogens is 1. The summed E-state index contributed by atoms with van der Waals surface area (Å²) < 4.78 is 0.948. The molecule has 24 heavy (non-hydrogen) atoms. The summed E-state index contributed by atoms with van der Waals surface area (Å²) in [5, 5.41) is 2.91. The van der Waals surface area contributed by atoms with E-state index in [1.165, 1.54) is 0 Å². The molecule has 2 aromatic carbocycles. The summed E-state index contributed by atoms with van der Waals surface area (Å²) in [4.78, 5) is 26.4. The Bertz CT molecular complexity index is 786. The summed E-state index contributed by atoms with van der Waals surface area (Å²) in [6, 6.07) is 13.5. The van der Waals surface area contributed by atoms with Crippen LogP contribution in [-0.4, -0.2) is 18.4 Å². The first kappa shape index (κ1) is 16.7. The molecule has 5 heteroatoms. The molecule has 4 nitrogen and oxygen atoms in total. The van der Waals surface area contributed by atoms with Crippen molar-refractivity contribution in [3.63, 3.8) is 0 Å². The third kappa shape index (κ3) is 3.51. The number of carbonyl (C=O) groups is 2. The van der Waals surface area contributed by atoms with E-state index in [0.29, 0.717) is 6.54 Å². The second-order valence-corrected chi connectivity index (χ2v) is 7.05. The number of hydrogen-bond donors (Lipinski definition) is 1. The molecule has 1 heterocycles. The zero-order chi connectivity index (χ0) is 17.3. The van der Waals surface area contributed by atoms with Crippen LogP contribution in [0.2, 0.25) is 0 Å². The van der Waals surface area contributed by atoms with Crippen LogP contribution in [-0.2, 0) is 9.59 Å². The van der Waals surface area contributed by atoms with Gasteiger partial charge in [0.25, 0.3) is 0 Å². The molecule has 1 N–H and O–H groups in total. The molecule has 0 aliphatic carbocycles. The molecule has 0 saturated carbocycles. The van der Waals surface area contributed by atoms with E-state index in [1.807, 2.05) is 56.3 Å². The summed E-state index contributed by atoms with van der Waals surface area (Å²) in [7, 11) is 0. The van der Waals surface area contributed by atoms with Gasteiger partial charge >= 0.3 is 0 Å². The number of nitrogens with zero attached hydrogens (tertiary/aromatic N) is 1. The lowest BCUT2D eigenvalue weighted by Gasteiger charge is -2.17. The Morgan fingerprint density at radius 2 is 1.88 bits per heavy atom. The van der Waals surface area contributed by atoms with Crippen molar-refractivity contribution in [3.8, 4) is 0 Å². The quantitative estimate of drug-likeness (QED) is 0.864. The molecule has 1 atom stereocenters. The van der Waals surface area contributed by atoms with E-state index in [-0.39, 0.29) is 24.2 Å². The maximum Gasteiger partial charge on any atom is 0.229 e. The van der Waals surface area contributed by atoms with Gasteiger partial charge in [0.15, 0.2) is 0 Å². The van der Waals surface area contributed by atoms with E-state index < -0.39 is 0 Å². The first-order valence-electron chi connectivity index (χ1n) is 7.88. The van der Waals surface area contributed by atoms with Gasteiger partial charge in [-0.1, -0.05) is 39.7 Å². The zero-order valence-corrected chi connectivity index (χ0v) is 15.3. The van der Waals surface area contributed by atoms with Crippen LogP contribution in [0.15, 0.2) is 46.9 Å². The van der Waals surface area contributed by atoms with Crippen molar-refractivity contribution in [2.75, 3.05) is 16.8 Å². The van der Waals surface area contributed by atoms with Crippen molar-refractivity contribution in [3.05, 3.63) is 58.1 Å². The summed E-state index contributed by atoms with van der Waals surface area (Å²) >= 11 is 3.46. The first-order valence-corrected chi connectivity index (χ1v) is 8.67. The maximum atomic E-state index is 12.5. The number of nitrogens with one attached hydrogen (secondary N) is 1. The molecule has 0 radical (unpaired) electrons. The summed E-state index contributed by atoms with van der Waals surface area (Å²) in [5.74, 6) is -0.461. The van der Waals surface area contributed by atoms with Crippen molar-refractivity contribution in [1.29, 1.82) is 0 Å². The van der Waals surface area contributed by atoms with Gasteiger partial charge < -0.3 is 10.2 Å². The Labute approximate surface area is 150 Å². The van der Waals surface area contributed by atoms with E-state index in [4.69, 9.17) is 0 Å². The minimum atomic E-state index is -0.334. The van der Waals surface area contributed by atoms with Crippen LogP contribution < -0.4 is 10.2 Å². The molecule has 3 rings (SSSR count). The van der Waals surface area contributed by atoms with Crippen LogP contribution >= 0.6 is 15.9 Å². The highest BCUT2D eigenvalue weighted by molar-refractivity contribution is 9.10. The number of rotatable bonds is 3. The van der Waals surface area contributed by atoms with E-state index in [1.54, 1.807) is 4.90 Å². The lowest BCUT2D eigenvalue weighted by molar-refractivity contribution is -0.122. The van der Waals surface area contributed by atoms with Gasteiger partial charge in [-0.25, -0.2) is 0 Å². The molecule has 1 fully saturated rings. The van der Waals surface area contributed by atoms with Crippen molar-refractivity contribution < 1.29 is 9.59 Å². The maximum absolute atomic E-state index is 12.5. The van der Waals surface area contributed by atoms with Gasteiger partial charge in [-0.15, -0.1) is 0 Å². The van der Waals surface area contributed by atoms with Crippen LogP contribution in [0.1, 0.15) is 17.5 Å². The van der Waals surface area contributed by atoms with E-state index in [0.717, 1.165) is 27.0 Å². The van der Waals surface area contributed by atoms with Gasteiger partial charge in [-0.05, 0) is 43.7 Å². The fourth-order valence-electron chi connectivity index (χ4n) is 2.77. The minimum Gasteiger partial charge on any atom is -0.326 e. The summed E-state index contributed by atoms with van der Waals surface area (Å²) in [5.41, 5.74) is 3.83. The third-order valence-corrected chi connectivity index (χ3v) is 5.14. The SMILES string of the molecule is Cc1ccc(N2CC(C(=O)Nc3ccc(C)c(Br)c3)CC2=O)cc1. The average Bonchev–Trinajstić information content (AvgIpc) is 2.94. The Kier molecular flexibility index (Phi) is 4.71. The molecule has 1 saturated heterocycles. The number of carbonyl (C=O) groups excluding carboxylic acids is 2. The second-order valence-electron chi connectivity index (χ2n) is 6.19. The van der Waals surface area contributed by atoms with Gasteiger partial charge in [-0.2, -0.15) is 0 Å². The number of aryl methyl sites for hydroxylation is 2. The first-order chi connectivity index (χ1) is 11.4. The van der Waals surface area contributed by atoms with Gasteiger partial charge in [0, 0.05) is 28.8 Å². The normalized spacial score (nSPS) is 17.2. The van der Waals surface area contributed by atoms with Crippen molar-refractivity contribution in [2.24, 2.45) is 5.92 Å². The average molecular weight is 387 g/mol. The molecule has 2 amide bonds. The van der Waals surface area contributed by atoms with Crippen molar-refractivity contribution in [1.82, 2.24) is 0 Å². The standard InChI is InChI=1S/C19H19BrN2O2/c1-12-3-7-16(8-4-12)22-11-14(9-18(22)23)19(24)21-15-6-5-13(2)17(20)10-15/h3-8,10,14H,9,11H2,1-2H3,(H,21,24). The molecule has 2 aromatic rings. The molecule has 1 unspecified atom stereocenters. The van der Waals surface area contributed by atoms with E-state index >= 15 is 0 Å². The lowest BCUT2D eigenvalue weighted by Crippen LogP contribution is -2.28. The zero-order valence-electron chi connectivity index (χ0n) is 13.7. The Morgan fingerprint density at radius 3 is 2.54 bits per heavy atom. The van der Waals surface area contributed by atoms with Crippen LogP contribution in [0.4, 0.5) is 11.4 Å². The van der Waals surface area contributed by atoms with Gasteiger partial charge in [0.1, 0.15) is 0 Å². The molecule has 0 spiro atoms. The fraction of sp³-hybridized carbons (Fsp3) is 0.263. The lowest BCUT2D eigenvalue weighted by atomic mass is 10.1. The van der Waals surface area contributed by atoms with Gasteiger partial charge in [-0.3, -0.25) is 9.59 Å². The largest absolute Gasteiger partial charge is 0.326 e. The van der Waals surface area contributed by atoms with Crippen LogP contribution in [0.5, 0.6) is 0 Å². The Morgan fingerprint density at radius 1 is 1.17 bits per heavy atom. The number of hydrogen-bond acceptors (Lipinski definition) is 2. The smallest absolute Gasteiger partial charge is 0.229 e. The molecule has 1 aliphatic rings. The summed E-state index contributed by atoms with van der Waals surface area (Å²) in [6.45, 7) is 4.41. The molecule has 0 bridgehead atoms. The van der Waals surface area contributed by atoms with E-state index in [9.17, 15) is 9.59 Å². The van der Waals surface area contributed by atoms with Gasteiger partial charge in [0.05, 0.1) is 5.92 Å². The Hall–Kier alpha value is -2.14. The fourth-order valence-corrected chi connectivity index (χ4v) is 3.15. The highest BCUT2D eigenvalue weighted by atomic mass is 79.9. The molecule has 124 valence electrons. The number of benzene rings is 2. The van der Waals surface area contributed by atoms with Gasteiger partial charge in [0.2, 0.25) is 11.8 Å². The molecular weight excluding hydrogens is 368 g/mol. The number of anilines is 2. The Balaban J connectivity index is 1.69. The predicted molar refractivity (Wildman–Crippen MR) is 99.1 cm³/mol. The summed E-state index contributed by atoms with van der Waals surface area (Å²) in [6.07, 6.45) is 0.243. The molecule has 1 aliphatic heterocycles. The van der Waals surface area contributed by atoms with Crippen LogP contribution in [0.3, 0.4) is 0 Å². The predicted octanol–water partition coefficient (Wildman–Crippen LogP) is 4.06. The highest BCUT2D eigenvalue weighted by Gasteiger charge is 2.35. The number of amides is 2. The molecular formula is C19H19BrN2O2.